The van der Waals surface area contributed by atoms with E-state index in [1.54, 1.807) is 6.92 Å². The SMILES string of the molecule is CC(=O)N1CCCCC1C1CC1CBr. The fraction of sp³-hybridized carbons (Fsp3) is 0.909. The smallest absolute Gasteiger partial charge is 0.219 e. The molecule has 0 N–H and O–H groups in total. The largest absolute Gasteiger partial charge is 0.340 e. The van der Waals surface area contributed by atoms with E-state index in [0.29, 0.717) is 6.04 Å². The lowest BCUT2D eigenvalue weighted by atomic mass is 9.97. The van der Waals surface area contributed by atoms with E-state index in [-0.39, 0.29) is 5.91 Å². The van der Waals surface area contributed by atoms with E-state index in [1.165, 1.54) is 25.7 Å². The van der Waals surface area contributed by atoms with Crippen molar-refractivity contribution in [2.45, 2.75) is 38.6 Å². The number of likely N-dealkylation sites (tertiary alicyclic amines) is 1. The topological polar surface area (TPSA) is 20.3 Å². The molecule has 2 nitrogen and oxygen atoms in total. The standard InChI is InChI=1S/C11H18BrNO/c1-8(14)13-5-3-2-4-11(13)10-6-9(10)7-12/h9-11H,2-7H2,1H3. The van der Waals surface area contributed by atoms with Crippen molar-refractivity contribution in [3.63, 3.8) is 0 Å². The van der Waals surface area contributed by atoms with Crippen LogP contribution in [0, 0.1) is 11.8 Å². The maximum atomic E-state index is 11.5. The second-order valence-corrected chi connectivity index (χ2v) is 5.24. The fourth-order valence-corrected chi connectivity index (χ4v) is 3.46. The molecule has 2 fully saturated rings. The summed E-state index contributed by atoms with van der Waals surface area (Å²) in [5, 5.41) is 1.11. The summed E-state index contributed by atoms with van der Waals surface area (Å²) >= 11 is 3.54. The first-order chi connectivity index (χ1) is 6.74. The van der Waals surface area contributed by atoms with Crippen LogP contribution < -0.4 is 0 Å². The van der Waals surface area contributed by atoms with Crippen LogP contribution in [0.25, 0.3) is 0 Å². The van der Waals surface area contributed by atoms with Crippen LogP contribution in [0.3, 0.4) is 0 Å². The Bertz CT molecular complexity index is 231. The average Bonchev–Trinajstić information content (AvgIpc) is 2.96. The van der Waals surface area contributed by atoms with Gasteiger partial charge in [0.1, 0.15) is 0 Å². The van der Waals surface area contributed by atoms with Crippen molar-refractivity contribution in [2.24, 2.45) is 11.8 Å². The highest BCUT2D eigenvalue weighted by molar-refractivity contribution is 9.09. The van der Waals surface area contributed by atoms with Gasteiger partial charge in [-0.05, 0) is 37.5 Å². The van der Waals surface area contributed by atoms with Gasteiger partial charge in [-0.3, -0.25) is 4.79 Å². The Morgan fingerprint density at radius 1 is 1.50 bits per heavy atom. The molecule has 1 aliphatic heterocycles. The molecule has 80 valence electrons. The van der Waals surface area contributed by atoms with Gasteiger partial charge in [-0.1, -0.05) is 15.9 Å². The number of alkyl halides is 1. The zero-order valence-corrected chi connectivity index (χ0v) is 10.3. The molecule has 1 aliphatic carbocycles. The predicted molar refractivity (Wildman–Crippen MR) is 60.4 cm³/mol. The minimum absolute atomic E-state index is 0.273. The fourth-order valence-electron chi connectivity index (χ4n) is 2.71. The third kappa shape index (κ3) is 1.97. The number of carbonyl (C=O) groups excluding carboxylic acids is 1. The van der Waals surface area contributed by atoms with Crippen LogP contribution in [0.2, 0.25) is 0 Å². The molecule has 2 aliphatic rings. The Hall–Kier alpha value is -0.0500. The van der Waals surface area contributed by atoms with Gasteiger partial charge in [0.15, 0.2) is 0 Å². The van der Waals surface area contributed by atoms with Crippen molar-refractivity contribution in [1.82, 2.24) is 4.90 Å². The van der Waals surface area contributed by atoms with E-state index in [4.69, 9.17) is 0 Å². The van der Waals surface area contributed by atoms with Gasteiger partial charge in [0.2, 0.25) is 5.91 Å². The summed E-state index contributed by atoms with van der Waals surface area (Å²) in [5.74, 6) is 1.90. The molecule has 1 amide bonds. The Labute approximate surface area is 94.2 Å². The third-order valence-corrected chi connectivity index (χ3v) is 4.46. The quantitative estimate of drug-likeness (QED) is 0.698. The molecule has 1 saturated carbocycles. The van der Waals surface area contributed by atoms with Crippen molar-refractivity contribution >= 4 is 21.8 Å². The number of piperidine rings is 1. The van der Waals surface area contributed by atoms with Gasteiger partial charge < -0.3 is 4.90 Å². The molecule has 3 unspecified atom stereocenters. The summed E-state index contributed by atoms with van der Waals surface area (Å²) in [7, 11) is 0. The summed E-state index contributed by atoms with van der Waals surface area (Å²) in [6, 6.07) is 0.559. The van der Waals surface area contributed by atoms with Crippen LogP contribution in [0.15, 0.2) is 0 Å². The van der Waals surface area contributed by atoms with Crippen LogP contribution in [-0.2, 0) is 4.79 Å². The van der Waals surface area contributed by atoms with Crippen LogP contribution in [0.4, 0.5) is 0 Å². The van der Waals surface area contributed by atoms with Gasteiger partial charge in [0.25, 0.3) is 0 Å². The van der Waals surface area contributed by atoms with E-state index in [1.807, 2.05) is 0 Å². The maximum absolute atomic E-state index is 11.5. The van der Waals surface area contributed by atoms with Gasteiger partial charge in [0.05, 0.1) is 0 Å². The first kappa shape index (κ1) is 10.5. The minimum atomic E-state index is 0.273. The zero-order chi connectivity index (χ0) is 10.1. The van der Waals surface area contributed by atoms with Crippen molar-refractivity contribution in [3.05, 3.63) is 0 Å². The lowest BCUT2D eigenvalue weighted by molar-refractivity contribution is -0.133. The molecule has 14 heavy (non-hydrogen) atoms. The van der Waals surface area contributed by atoms with Crippen LogP contribution >= 0.6 is 15.9 Å². The van der Waals surface area contributed by atoms with Crippen LogP contribution in [-0.4, -0.2) is 28.7 Å². The number of nitrogens with zero attached hydrogens (tertiary/aromatic N) is 1. The lowest BCUT2D eigenvalue weighted by Gasteiger charge is -2.35. The van der Waals surface area contributed by atoms with Crippen LogP contribution in [0.5, 0.6) is 0 Å². The molecule has 0 radical (unpaired) electrons. The molecule has 0 bridgehead atoms. The molecular formula is C11H18BrNO. The highest BCUT2D eigenvalue weighted by Crippen LogP contribution is 2.46. The number of carbonyl (C=O) groups is 1. The van der Waals surface area contributed by atoms with Gasteiger partial charge >= 0.3 is 0 Å². The molecule has 0 spiro atoms. The second-order valence-electron chi connectivity index (χ2n) is 4.59. The molecular weight excluding hydrogens is 242 g/mol. The van der Waals surface area contributed by atoms with Gasteiger partial charge in [0, 0.05) is 24.8 Å². The first-order valence-electron chi connectivity index (χ1n) is 5.57. The Balaban J connectivity index is 1.97. The summed E-state index contributed by atoms with van der Waals surface area (Å²) in [6.07, 6.45) is 5.05. The number of hydrogen-bond donors (Lipinski definition) is 0. The highest BCUT2D eigenvalue weighted by atomic mass is 79.9. The Morgan fingerprint density at radius 2 is 2.29 bits per heavy atom. The molecule has 1 saturated heterocycles. The monoisotopic (exact) mass is 259 g/mol. The minimum Gasteiger partial charge on any atom is -0.340 e. The number of hydrogen-bond acceptors (Lipinski definition) is 1. The zero-order valence-electron chi connectivity index (χ0n) is 8.71. The van der Waals surface area contributed by atoms with Gasteiger partial charge in [-0.25, -0.2) is 0 Å². The van der Waals surface area contributed by atoms with Gasteiger partial charge in [-0.15, -0.1) is 0 Å². The summed E-state index contributed by atoms with van der Waals surface area (Å²) in [6.45, 7) is 2.70. The average molecular weight is 260 g/mol. The Morgan fingerprint density at radius 3 is 2.86 bits per heavy atom. The molecule has 0 aromatic rings. The van der Waals surface area contributed by atoms with Crippen molar-refractivity contribution in [2.75, 3.05) is 11.9 Å². The highest BCUT2D eigenvalue weighted by Gasteiger charge is 2.45. The number of amides is 1. The molecule has 0 aromatic carbocycles. The van der Waals surface area contributed by atoms with Crippen molar-refractivity contribution in [1.29, 1.82) is 0 Å². The van der Waals surface area contributed by atoms with E-state index >= 15 is 0 Å². The lowest BCUT2D eigenvalue weighted by Crippen LogP contribution is -2.44. The van der Waals surface area contributed by atoms with Crippen molar-refractivity contribution in [3.8, 4) is 0 Å². The molecule has 3 atom stereocenters. The van der Waals surface area contributed by atoms with Gasteiger partial charge in [-0.2, -0.15) is 0 Å². The van der Waals surface area contributed by atoms with E-state index < -0.39 is 0 Å². The number of rotatable bonds is 2. The molecule has 2 rings (SSSR count). The first-order valence-corrected chi connectivity index (χ1v) is 6.69. The maximum Gasteiger partial charge on any atom is 0.219 e. The summed E-state index contributed by atoms with van der Waals surface area (Å²) < 4.78 is 0. The molecule has 0 aromatic heterocycles. The van der Waals surface area contributed by atoms with Crippen LogP contribution in [0.1, 0.15) is 32.6 Å². The van der Waals surface area contributed by atoms with E-state index in [9.17, 15) is 4.79 Å². The number of halogens is 1. The molecule has 3 heteroatoms. The third-order valence-electron chi connectivity index (χ3n) is 3.62. The van der Waals surface area contributed by atoms with E-state index in [0.717, 1.165) is 23.7 Å². The summed E-state index contributed by atoms with van der Waals surface area (Å²) in [5.41, 5.74) is 0. The normalized spacial score (nSPS) is 37.0. The Kier molecular flexibility index (Phi) is 3.15. The van der Waals surface area contributed by atoms with Crippen molar-refractivity contribution < 1.29 is 4.79 Å². The summed E-state index contributed by atoms with van der Waals surface area (Å²) in [4.78, 5) is 13.6. The molecule has 1 heterocycles. The predicted octanol–water partition coefficient (Wildman–Crippen LogP) is 2.42. The second kappa shape index (κ2) is 4.21. The van der Waals surface area contributed by atoms with E-state index in [2.05, 4.69) is 20.8 Å².